The van der Waals surface area contributed by atoms with E-state index in [2.05, 4.69) is 18.7 Å². The second-order valence-corrected chi connectivity index (χ2v) is 5.29. The molecule has 0 spiro atoms. The second-order valence-electron chi connectivity index (χ2n) is 5.29. The Labute approximate surface area is 98.1 Å². The zero-order chi connectivity index (χ0) is 12.3. The molecule has 1 heterocycles. The summed E-state index contributed by atoms with van der Waals surface area (Å²) >= 11 is 0. The number of esters is 1. The molecule has 0 radical (unpaired) electrons. The van der Waals surface area contributed by atoms with Crippen LogP contribution in [0.5, 0.6) is 0 Å². The number of carbonyl (C=O) groups excluding carboxylic acids is 1. The van der Waals surface area contributed by atoms with Gasteiger partial charge >= 0.3 is 5.97 Å². The normalized spacial score (nSPS) is 30.1. The number of ether oxygens (including phenoxy) is 1. The van der Waals surface area contributed by atoms with E-state index in [9.17, 15) is 4.79 Å². The highest BCUT2D eigenvalue weighted by molar-refractivity contribution is 5.80. The molecule has 94 valence electrons. The van der Waals surface area contributed by atoms with Crippen molar-refractivity contribution in [2.45, 2.75) is 33.2 Å². The van der Waals surface area contributed by atoms with E-state index in [4.69, 9.17) is 10.5 Å². The standard InChI is InChI=1S/C12H24N2O2/c1-5-16-11(15)12(4,13)8-14-6-9(2)10(3)7-14/h9-10H,5-8,13H2,1-4H3. The highest BCUT2D eigenvalue weighted by Crippen LogP contribution is 2.23. The number of carbonyl (C=O) groups is 1. The zero-order valence-electron chi connectivity index (χ0n) is 10.8. The fourth-order valence-corrected chi connectivity index (χ4v) is 2.20. The Morgan fingerprint density at radius 1 is 1.44 bits per heavy atom. The third-order valence-corrected chi connectivity index (χ3v) is 3.36. The summed E-state index contributed by atoms with van der Waals surface area (Å²) in [5.74, 6) is 1.05. The van der Waals surface area contributed by atoms with Crippen LogP contribution in [0.1, 0.15) is 27.7 Å². The molecule has 0 saturated carbocycles. The van der Waals surface area contributed by atoms with Crippen molar-refractivity contribution in [2.75, 3.05) is 26.2 Å². The van der Waals surface area contributed by atoms with Crippen LogP contribution in [-0.2, 0) is 9.53 Å². The first-order valence-corrected chi connectivity index (χ1v) is 6.05. The van der Waals surface area contributed by atoms with Gasteiger partial charge in [0, 0.05) is 19.6 Å². The van der Waals surface area contributed by atoms with Gasteiger partial charge < -0.3 is 15.4 Å². The molecule has 2 N–H and O–H groups in total. The maximum Gasteiger partial charge on any atom is 0.327 e. The van der Waals surface area contributed by atoms with E-state index in [0.29, 0.717) is 25.0 Å². The molecule has 1 aliphatic rings. The first kappa shape index (κ1) is 13.5. The van der Waals surface area contributed by atoms with Crippen molar-refractivity contribution in [2.24, 2.45) is 17.6 Å². The highest BCUT2D eigenvalue weighted by Gasteiger charge is 2.36. The van der Waals surface area contributed by atoms with Crippen LogP contribution in [0.3, 0.4) is 0 Å². The average molecular weight is 228 g/mol. The molecule has 1 fully saturated rings. The summed E-state index contributed by atoms with van der Waals surface area (Å²) in [6.07, 6.45) is 0. The topological polar surface area (TPSA) is 55.6 Å². The monoisotopic (exact) mass is 228 g/mol. The molecule has 0 aliphatic carbocycles. The number of nitrogens with two attached hydrogens (primary N) is 1. The van der Waals surface area contributed by atoms with E-state index in [1.54, 1.807) is 13.8 Å². The van der Waals surface area contributed by atoms with Gasteiger partial charge in [-0.1, -0.05) is 13.8 Å². The summed E-state index contributed by atoms with van der Waals surface area (Å²) in [6, 6.07) is 0. The lowest BCUT2D eigenvalue weighted by Gasteiger charge is -2.27. The molecule has 3 unspecified atom stereocenters. The first-order chi connectivity index (χ1) is 7.36. The van der Waals surface area contributed by atoms with Gasteiger partial charge in [-0.2, -0.15) is 0 Å². The lowest BCUT2D eigenvalue weighted by atomic mass is 10.0. The summed E-state index contributed by atoms with van der Waals surface area (Å²) in [5.41, 5.74) is 5.11. The van der Waals surface area contributed by atoms with Crippen LogP contribution in [0.25, 0.3) is 0 Å². The molecule has 0 aromatic heterocycles. The van der Waals surface area contributed by atoms with Gasteiger partial charge in [-0.15, -0.1) is 0 Å². The minimum Gasteiger partial charge on any atom is -0.465 e. The molecule has 1 aliphatic heterocycles. The molecule has 0 amide bonds. The molecule has 0 aromatic rings. The summed E-state index contributed by atoms with van der Waals surface area (Å²) in [7, 11) is 0. The SMILES string of the molecule is CCOC(=O)C(C)(N)CN1CC(C)C(C)C1. The summed E-state index contributed by atoms with van der Waals surface area (Å²) in [6.45, 7) is 11.0. The van der Waals surface area contributed by atoms with E-state index in [1.165, 1.54) is 0 Å². The zero-order valence-corrected chi connectivity index (χ0v) is 10.8. The summed E-state index contributed by atoms with van der Waals surface area (Å²) < 4.78 is 4.98. The molecule has 1 rings (SSSR count). The Kier molecular flexibility index (Phi) is 4.33. The molecular weight excluding hydrogens is 204 g/mol. The van der Waals surface area contributed by atoms with Gasteiger partial charge in [0.1, 0.15) is 5.54 Å². The van der Waals surface area contributed by atoms with Crippen LogP contribution in [0, 0.1) is 11.8 Å². The molecule has 4 heteroatoms. The van der Waals surface area contributed by atoms with Gasteiger partial charge in [-0.05, 0) is 25.7 Å². The minimum atomic E-state index is -0.889. The van der Waals surface area contributed by atoms with Crippen LogP contribution in [0.2, 0.25) is 0 Å². The third kappa shape index (κ3) is 3.19. The Morgan fingerprint density at radius 2 is 1.94 bits per heavy atom. The maximum absolute atomic E-state index is 11.6. The van der Waals surface area contributed by atoms with Gasteiger partial charge in [0.2, 0.25) is 0 Å². The average Bonchev–Trinajstić information content (AvgIpc) is 2.45. The Morgan fingerprint density at radius 3 is 2.38 bits per heavy atom. The van der Waals surface area contributed by atoms with E-state index in [0.717, 1.165) is 13.1 Å². The molecule has 0 aromatic carbocycles. The van der Waals surface area contributed by atoms with Crippen molar-refractivity contribution < 1.29 is 9.53 Å². The van der Waals surface area contributed by atoms with Crippen molar-refractivity contribution in [1.29, 1.82) is 0 Å². The van der Waals surface area contributed by atoms with Gasteiger partial charge in [0.05, 0.1) is 6.61 Å². The predicted octanol–water partition coefficient (Wildman–Crippen LogP) is 0.855. The fraction of sp³-hybridized carbons (Fsp3) is 0.917. The number of nitrogens with zero attached hydrogens (tertiary/aromatic N) is 1. The number of hydrogen-bond donors (Lipinski definition) is 1. The van der Waals surface area contributed by atoms with Crippen LogP contribution in [0.15, 0.2) is 0 Å². The molecule has 0 bridgehead atoms. The van der Waals surface area contributed by atoms with E-state index >= 15 is 0 Å². The van der Waals surface area contributed by atoms with Crippen LogP contribution in [0.4, 0.5) is 0 Å². The van der Waals surface area contributed by atoms with E-state index in [-0.39, 0.29) is 5.97 Å². The number of rotatable bonds is 4. The van der Waals surface area contributed by atoms with Crippen LogP contribution >= 0.6 is 0 Å². The van der Waals surface area contributed by atoms with Crippen LogP contribution in [-0.4, -0.2) is 42.6 Å². The Bertz CT molecular complexity index is 243. The van der Waals surface area contributed by atoms with Gasteiger partial charge in [-0.25, -0.2) is 0 Å². The van der Waals surface area contributed by atoms with Crippen molar-refractivity contribution >= 4 is 5.97 Å². The first-order valence-electron chi connectivity index (χ1n) is 6.05. The molecule has 3 atom stereocenters. The number of hydrogen-bond acceptors (Lipinski definition) is 4. The van der Waals surface area contributed by atoms with Crippen molar-refractivity contribution in [3.63, 3.8) is 0 Å². The lowest BCUT2D eigenvalue weighted by Crippen LogP contribution is -2.54. The van der Waals surface area contributed by atoms with Crippen molar-refractivity contribution in [3.05, 3.63) is 0 Å². The Hall–Kier alpha value is -0.610. The smallest absolute Gasteiger partial charge is 0.327 e. The second kappa shape index (κ2) is 5.15. The quantitative estimate of drug-likeness (QED) is 0.725. The van der Waals surface area contributed by atoms with E-state index < -0.39 is 5.54 Å². The van der Waals surface area contributed by atoms with E-state index in [1.807, 2.05) is 0 Å². The van der Waals surface area contributed by atoms with Gasteiger partial charge in [0.25, 0.3) is 0 Å². The van der Waals surface area contributed by atoms with Gasteiger partial charge in [0.15, 0.2) is 0 Å². The molecule has 1 saturated heterocycles. The van der Waals surface area contributed by atoms with Crippen molar-refractivity contribution in [1.82, 2.24) is 4.90 Å². The van der Waals surface area contributed by atoms with Gasteiger partial charge in [-0.3, -0.25) is 4.79 Å². The lowest BCUT2D eigenvalue weighted by molar-refractivity contribution is -0.149. The largest absolute Gasteiger partial charge is 0.465 e. The number of likely N-dealkylation sites (tertiary alicyclic amines) is 1. The predicted molar refractivity (Wildman–Crippen MR) is 64.0 cm³/mol. The maximum atomic E-state index is 11.6. The highest BCUT2D eigenvalue weighted by atomic mass is 16.5. The summed E-state index contributed by atoms with van der Waals surface area (Å²) in [4.78, 5) is 13.9. The molecular formula is C12H24N2O2. The summed E-state index contributed by atoms with van der Waals surface area (Å²) in [5, 5.41) is 0. The fourth-order valence-electron chi connectivity index (χ4n) is 2.20. The van der Waals surface area contributed by atoms with Crippen molar-refractivity contribution in [3.8, 4) is 0 Å². The Balaban J connectivity index is 2.50. The van der Waals surface area contributed by atoms with Crippen LogP contribution < -0.4 is 5.73 Å². The molecule has 4 nitrogen and oxygen atoms in total. The third-order valence-electron chi connectivity index (χ3n) is 3.36. The minimum absolute atomic E-state index is 0.304. The molecule has 16 heavy (non-hydrogen) atoms.